The normalized spacial score (nSPS) is 11.4. The molecule has 0 spiro atoms. The van der Waals surface area contributed by atoms with Gasteiger partial charge in [0, 0.05) is 17.4 Å². The number of fused-ring (bicyclic) bond motifs is 4. The number of aromatic nitrogens is 3. The zero-order valence-electron chi connectivity index (χ0n) is 25.6. The molecule has 0 aliphatic rings. The van der Waals surface area contributed by atoms with Crippen molar-refractivity contribution in [2.24, 2.45) is 0 Å². The average molecular weight is 600 g/mol. The van der Waals surface area contributed by atoms with Crippen LogP contribution >= 0.6 is 0 Å². The Morgan fingerprint density at radius 1 is 0.404 bits per heavy atom. The zero-order valence-corrected chi connectivity index (χ0v) is 25.6. The molecule has 47 heavy (non-hydrogen) atoms. The third kappa shape index (κ3) is 4.77. The maximum absolute atomic E-state index is 4.97. The lowest BCUT2D eigenvalue weighted by Crippen LogP contribution is -1.97. The molecule has 0 amide bonds. The Labute approximate surface area is 273 Å². The second kappa shape index (κ2) is 11.2. The van der Waals surface area contributed by atoms with Crippen molar-refractivity contribution in [3.8, 4) is 50.5 Å². The van der Waals surface area contributed by atoms with Crippen molar-refractivity contribution in [2.75, 3.05) is 0 Å². The molecule has 0 unspecified atom stereocenters. The van der Waals surface area contributed by atoms with E-state index in [1.54, 1.807) is 6.20 Å². The molecular formula is C44H29N3. The maximum atomic E-state index is 4.97. The van der Waals surface area contributed by atoms with Crippen LogP contribution < -0.4 is 0 Å². The van der Waals surface area contributed by atoms with E-state index in [1.165, 1.54) is 49.4 Å². The quantitative estimate of drug-likeness (QED) is 0.184. The molecule has 0 N–H and O–H groups in total. The number of imidazole rings is 1. The first kappa shape index (κ1) is 27.0. The molecule has 3 nitrogen and oxygen atoms in total. The Kier molecular flexibility index (Phi) is 6.46. The van der Waals surface area contributed by atoms with E-state index in [-0.39, 0.29) is 0 Å². The van der Waals surface area contributed by atoms with Gasteiger partial charge < -0.3 is 0 Å². The van der Waals surface area contributed by atoms with Crippen molar-refractivity contribution in [1.29, 1.82) is 0 Å². The lowest BCUT2D eigenvalue weighted by Gasteiger charge is -2.15. The number of benzene rings is 7. The summed E-state index contributed by atoms with van der Waals surface area (Å²) in [5.74, 6) is 0.873. The van der Waals surface area contributed by atoms with Crippen molar-refractivity contribution < 1.29 is 0 Å². The number of hydrogen-bond acceptors (Lipinski definition) is 2. The molecule has 0 saturated heterocycles. The van der Waals surface area contributed by atoms with Gasteiger partial charge in [-0.3, -0.25) is 4.57 Å². The molecule has 7 aromatic carbocycles. The summed E-state index contributed by atoms with van der Waals surface area (Å²) in [4.78, 5) is 9.54. The second-order valence-corrected chi connectivity index (χ2v) is 11.9. The Hall–Kier alpha value is -6.32. The molecular weight excluding hydrogens is 571 g/mol. The Balaban J connectivity index is 1.21. The van der Waals surface area contributed by atoms with Gasteiger partial charge in [0.2, 0.25) is 0 Å². The van der Waals surface area contributed by atoms with Crippen molar-refractivity contribution in [1.82, 2.24) is 14.5 Å². The largest absolute Gasteiger partial charge is 0.291 e. The van der Waals surface area contributed by atoms with Crippen molar-refractivity contribution >= 4 is 32.7 Å². The van der Waals surface area contributed by atoms with Gasteiger partial charge in [0.1, 0.15) is 5.82 Å². The molecule has 0 atom stereocenters. The van der Waals surface area contributed by atoms with Crippen LogP contribution in [-0.4, -0.2) is 14.5 Å². The predicted octanol–water partition coefficient (Wildman–Crippen LogP) is 11.4. The lowest BCUT2D eigenvalue weighted by atomic mass is 9.89. The fourth-order valence-electron chi connectivity index (χ4n) is 6.80. The van der Waals surface area contributed by atoms with Gasteiger partial charge in [-0.15, -0.1) is 0 Å². The Morgan fingerprint density at radius 2 is 1.00 bits per heavy atom. The van der Waals surface area contributed by atoms with Crippen LogP contribution in [0.5, 0.6) is 0 Å². The van der Waals surface area contributed by atoms with E-state index in [0.29, 0.717) is 0 Å². The predicted molar refractivity (Wildman–Crippen MR) is 196 cm³/mol. The van der Waals surface area contributed by atoms with Crippen LogP contribution in [0.15, 0.2) is 176 Å². The molecule has 2 heterocycles. The third-order valence-corrected chi connectivity index (χ3v) is 9.04. The fraction of sp³-hybridized carbons (Fsp3) is 0. The van der Waals surface area contributed by atoms with E-state index in [1.807, 2.05) is 12.1 Å². The zero-order chi connectivity index (χ0) is 31.2. The van der Waals surface area contributed by atoms with Gasteiger partial charge in [-0.25, -0.2) is 9.97 Å². The molecule has 2 aromatic heterocycles. The van der Waals surface area contributed by atoms with Crippen LogP contribution in [0.25, 0.3) is 83.2 Å². The van der Waals surface area contributed by atoms with Crippen LogP contribution in [0, 0.1) is 0 Å². The number of nitrogens with zero attached hydrogens (tertiary/aromatic N) is 3. The Morgan fingerprint density at radius 3 is 1.77 bits per heavy atom. The highest BCUT2D eigenvalue weighted by atomic mass is 15.1. The van der Waals surface area contributed by atoms with E-state index in [9.17, 15) is 0 Å². The molecule has 0 bridgehead atoms. The van der Waals surface area contributed by atoms with E-state index < -0.39 is 0 Å². The maximum Gasteiger partial charge on any atom is 0.178 e. The monoisotopic (exact) mass is 599 g/mol. The number of pyridine rings is 1. The summed E-state index contributed by atoms with van der Waals surface area (Å²) in [6.07, 6.45) is 1.80. The summed E-state index contributed by atoms with van der Waals surface area (Å²) in [5.41, 5.74) is 11.0. The number of hydrogen-bond donors (Lipinski definition) is 0. The summed E-state index contributed by atoms with van der Waals surface area (Å²) in [6, 6.07) is 60.6. The van der Waals surface area contributed by atoms with Crippen LogP contribution in [0.4, 0.5) is 0 Å². The van der Waals surface area contributed by atoms with Crippen LogP contribution in [0.1, 0.15) is 0 Å². The number of rotatable bonds is 5. The molecule has 0 aliphatic heterocycles. The molecule has 9 rings (SSSR count). The first-order chi connectivity index (χ1) is 23.3. The third-order valence-electron chi connectivity index (χ3n) is 9.04. The SMILES string of the molecule is c1ccc(-c2cc(-c3ccc(-c4nc5ncccc5n4-c4ccccc4)cc3)cc(-c3cc4ccccc4c4ccccc34)c2)cc1. The highest BCUT2D eigenvalue weighted by Gasteiger charge is 2.16. The summed E-state index contributed by atoms with van der Waals surface area (Å²) in [5, 5.41) is 5.05. The molecule has 0 radical (unpaired) electrons. The first-order valence-corrected chi connectivity index (χ1v) is 15.9. The van der Waals surface area contributed by atoms with Gasteiger partial charge in [0.15, 0.2) is 5.65 Å². The molecule has 0 saturated carbocycles. The average Bonchev–Trinajstić information content (AvgIpc) is 3.55. The molecule has 220 valence electrons. The standard InChI is InChI=1S/C44H29N3/c1-3-12-30(13-4-1)34-26-35(28-36(27-34)41-29-33-14-7-8-17-38(33)39-18-9-10-19-40(39)41)31-21-23-32(24-22-31)44-46-43-42(20-11-25-45-43)47(44)37-15-5-2-6-16-37/h1-29H. The smallest absolute Gasteiger partial charge is 0.178 e. The van der Waals surface area contributed by atoms with Crippen LogP contribution in [0.2, 0.25) is 0 Å². The van der Waals surface area contributed by atoms with Crippen LogP contribution in [0.3, 0.4) is 0 Å². The Bertz CT molecular complexity index is 2550. The van der Waals surface area contributed by atoms with Gasteiger partial charge in [0.05, 0.1) is 5.52 Å². The number of para-hydroxylation sites is 1. The highest BCUT2D eigenvalue weighted by Crippen LogP contribution is 2.39. The van der Waals surface area contributed by atoms with Crippen molar-refractivity contribution in [2.45, 2.75) is 0 Å². The van der Waals surface area contributed by atoms with Gasteiger partial charge in [-0.2, -0.15) is 0 Å². The summed E-state index contributed by atoms with van der Waals surface area (Å²) < 4.78 is 2.19. The molecule has 0 aliphatic carbocycles. The lowest BCUT2D eigenvalue weighted by molar-refractivity contribution is 1.10. The van der Waals surface area contributed by atoms with Crippen molar-refractivity contribution in [3.05, 3.63) is 176 Å². The molecule has 9 aromatic rings. The topological polar surface area (TPSA) is 30.7 Å². The minimum atomic E-state index is 0.734. The van der Waals surface area contributed by atoms with E-state index in [4.69, 9.17) is 4.98 Å². The summed E-state index contributed by atoms with van der Waals surface area (Å²) in [6.45, 7) is 0. The highest BCUT2D eigenvalue weighted by molar-refractivity contribution is 6.14. The van der Waals surface area contributed by atoms with Gasteiger partial charge in [0.25, 0.3) is 0 Å². The second-order valence-electron chi connectivity index (χ2n) is 11.9. The summed E-state index contributed by atoms with van der Waals surface area (Å²) in [7, 11) is 0. The minimum absolute atomic E-state index is 0.734. The van der Waals surface area contributed by atoms with Gasteiger partial charge in [-0.05, 0) is 103 Å². The van der Waals surface area contributed by atoms with Crippen LogP contribution in [-0.2, 0) is 0 Å². The minimum Gasteiger partial charge on any atom is -0.291 e. The van der Waals surface area contributed by atoms with E-state index in [2.05, 4.69) is 167 Å². The van der Waals surface area contributed by atoms with E-state index in [0.717, 1.165) is 33.8 Å². The molecule has 3 heteroatoms. The first-order valence-electron chi connectivity index (χ1n) is 15.9. The van der Waals surface area contributed by atoms with Gasteiger partial charge in [-0.1, -0.05) is 121 Å². The van der Waals surface area contributed by atoms with Gasteiger partial charge >= 0.3 is 0 Å². The van der Waals surface area contributed by atoms with Crippen molar-refractivity contribution in [3.63, 3.8) is 0 Å². The molecule has 0 fully saturated rings. The summed E-state index contributed by atoms with van der Waals surface area (Å²) >= 11 is 0. The van der Waals surface area contributed by atoms with E-state index >= 15 is 0 Å². The fourth-order valence-corrected chi connectivity index (χ4v) is 6.80.